The van der Waals surface area contributed by atoms with Gasteiger partial charge in [0, 0.05) is 56.1 Å². The Morgan fingerprint density at radius 2 is 2.14 bits per heavy atom. The number of pyridine rings is 1. The largest absolute Gasteiger partial charge is 0.494 e. The molecule has 2 fully saturated rings. The van der Waals surface area contributed by atoms with Gasteiger partial charge in [-0.25, -0.2) is 0 Å². The predicted molar refractivity (Wildman–Crippen MR) is 133 cm³/mol. The van der Waals surface area contributed by atoms with Crippen molar-refractivity contribution in [3.63, 3.8) is 0 Å². The summed E-state index contributed by atoms with van der Waals surface area (Å²) >= 11 is 0. The molecule has 2 aromatic rings. The highest BCUT2D eigenvalue weighted by Crippen LogP contribution is 2.34. The van der Waals surface area contributed by atoms with Crippen molar-refractivity contribution in [2.45, 2.75) is 44.3 Å². The lowest BCUT2D eigenvalue weighted by atomic mass is 10.0. The van der Waals surface area contributed by atoms with Crippen LogP contribution in [-0.4, -0.2) is 85.4 Å². The van der Waals surface area contributed by atoms with Crippen molar-refractivity contribution in [3.8, 4) is 17.8 Å². The molecule has 10 heteroatoms. The summed E-state index contributed by atoms with van der Waals surface area (Å²) in [6.45, 7) is 5.58. The number of likely N-dealkylation sites (tertiary alicyclic amines) is 1. The van der Waals surface area contributed by atoms with Crippen molar-refractivity contribution < 1.29 is 9.47 Å². The van der Waals surface area contributed by atoms with Crippen LogP contribution in [0.4, 0.5) is 11.5 Å². The third-order valence-electron chi connectivity index (χ3n) is 7.31. The molecule has 0 radical (unpaired) electrons. The minimum absolute atomic E-state index is 0.135. The fourth-order valence-corrected chi connectivity index (χ4v) is 5.33. The Balaban J connectivity index is 1.44. The van der Waals surface area contributed by atoms with Crippen LogP contribution in [0.1, 0.15) is 30.5 Å². The molecule has 186 valence electrons. The van der Waals surface area contributed by atoms with Crippen LogP contribution in [0.2, 0.25) is 0 Å². The van der Waals surface area contributed by atoms with E-state index in [1.54, 1.807) is 13.3 Å². The van der Waals surface area contributed by atoms with Gasteiger partial charge in [-0.05, 0) is 32.9 Å². The molecule has 10 nitrogen and oxygen atoms in total. The third-order valence-corrected chi connectivity index (χ3v) is 7.31. The van der Waals surface area contributed by atoms with E-state index in [1.807, 2.05) is 12.3 Å². The van der Waals surface area contributed by atoms with Crippen molar-refractivity contribution in [1.82, 2.24) is 25.2 Å². The Morgan fingerprint density at radius 3 is 2.94 bits per heavy atom. The van der Waals surface area contributed by atoms with Crippen molar-refractivity contribution in [2.75, 3.05) is 63.3 Å². The van der Waals surface area contributed by atoms with Gasteiger partial charge in [0.1, 0.15) is 18.2 Å². The molecule has 2 atom stereocenters. The Labute approximate surface area is 206 Å². The smallest absolute Gasteiger partial charge is 0.318 e. The molecule has 0 saturated carbocycles. The molecule has 5 rings (SSSR count). The van der Waals surface area contributed by atoms with Crippen LogP contribution < -0.4 is 24.6 Å². The van der Waals surface area contributed by atoms with E-state index in [2.05, 4.69) is 38.1 Å². The summed E-state index contributed by atoms with van der Waals surface area (Å²) < 4.78 is 11.8. The molecule has 0 aliphatic carbocycles. The fraction of sp³-hybridized carbons (Fsp3) is 0.600. The maximum Gasteiger partial charge on any atom is 0.318 e. The number of anilines is 2. The number of rotatable bonds is 7. The van der Waals surface area contributed by atoms with Gasteiger partial charge in [-0.2, -0.15) is 15.2 Å². The Kier molecular flexibility index (Phi) is 7.16. The third kappa shape index (κ3) is 5.11. The van der Waals surface area contributed by atoms with E-state index >= 15 is 0 Å². The number of methoxy groups -OCH3 is 1. The molecule has 0 aromatic carbocycles. The van der Waals surface area contributed by atoms with E-state index in [0.717, 1.165) is 68.5 Å². The number of piperazine rings is 1. The number of fused-ring (bicyclic) bond motifs is 1. The topological polar surface area (TPSA) is 103 Å². The lowest BCUT2D eigenvalue weighted by Crippen LogP contribution is -2.51. The van der Waals surface area contributed by atoms with E-state index < -0.39 is 0 Å². The van der Waals surface area contributed by atoms with Gasteiger partial charge in [0.15, 0.2) is 0 Å². The SMILES string of the molecule is COc1ccncc1N1CCc2c(nc(OC[C@@H]3CCCN3C)nc2N2CCN[C@@H](CC#N)C2)C1. The van der Waals surface area contributed by atoms with Gasteiger partial charge in [-0.3, -0.25) is 4.98 Å². The van der Waals surface area contributed by atoms with Crippen LogP contribution in [0, 0.1) is 11.3 Å². The van der Waals surface area contributed by atoms with Crippen LogP contribution in [0.15, 0.2) is 18.5 Å². The van der Waals surface area contributed by atoms with Gasteiger partial charge >= 0.3 is 6.01 Å². The van der Waals surface area contributed by atoms with Gasteiger partial charge in [0.25, 0.3) is 0 Å². The lowest BCUT2D eigenvalue weighted by molar-refractivity contribution is 0.187. The Morgan fingerprint density at radius 1 is 1.23 bits per heavy atom. The molecule has 1 N–H and O–H groups in total. The molecule has 3 aliphatic rings. The molecular weight excluding hydrogens is 444 g/mol. The predicted octanol–water partition coefficient (Wildman–Crippen LogP) is 1.61. The van der Waals surface area contributed by atoms with E-state index in [4.69, 9.17) is 19.4 Å². The van der Waals surface area contributed by atoms with Gasteiger partial charge in [-0.15, -0.1) is 0 Å². The summed E-state index contributed by atoms with van der Waals surface area (Å²) in [7, 11) is 3.83. The molecule has 35 heavy (non-hydrogen) atoms. The molecule has 0 bridgehead atoms. The normalized spacial score (nSPS) is 22.5. The van der Waals surface area contributed by atoms with Gasteiger partial charge < -0.3 is 29.5 Å². The van der Waals surface area contributed by atoms with Crippen LogP contribution >= 0.6 is 0 Å². The summed E-state index contributed by atoms with van der Waals surface area (Å²) in [5.41, 5.74) is 3.12. The number of nitrogens with one attached hydrogen (secondary N) is 1. The quantitative estimate of drug-likeness (QED) is 0.631. The maximum absolute atomic E-state index is 9.21. The molecule has 2 saturated heterocycles. The summed E-state index contributed by atoms with van der Waals surface area (Å²) in [5.74, 6) is 1.76. The second-order valence-electron chi connectivity index (χ2n) is 9.52. The number of hydrogen-bond donors (Lipinski definition) is 1. The summed E-state index contributed by atoms with van der Waals surface area (Å²) in [4.78, 5) is 21.0. The van der Waals surface area contributed by atoms with E-state index in [9.17, 15) is 5.26 Å². The average molecular weight is 479 g/mol. The first-order valence-electron chi connectivity index (χ1n) is 12.5. The van der Waals surface area contributed by atoms with Crippen molar-refractivity contribution in [2.24, 2.45) is 0 Å². The zero-order chi connectivity index (χ0) is 24.2. The number of ether oxygens (including phenoxy) is 2. The van der Waals surface area contributed by atoms with Gasteiger partial charge in [0.05, 0.1) is 43.7 Å². The Hall–Kier alpha value is -3.16. The molecule has 5 heterocycles. The lowest BCUT2D eigenvalue weighted by Gasteiger charge is -2.37. The molecule has 0 unspecified atom stereocenters. The van der Waals surface area contributed by atoms with Crippen molar-refractivity contribution >= 4 is 11.5 Å². The highest BCUT2D eigenvalue weighted by molar-refractivity contribution is 5.60. The van der Waals surface area contributed by atoms with Crippen molar-refractivity contribution in [1.29, 1.82) is 5.26 Å². The first-order chi connectivity index (χ1) is 17.2. The summed E-state index contributed by atoms with van der Waals surface area (Å²) in [6.07, 6.45) is 7.23. The van der Waals surface area contributed by atoms with Crippen LogP contribution in [0.3, 0.4) is 0 Å². The molecule has 0 spiro atoms. The Bertz CT molecular complexity index is 1070. The average Bonchev–Trinajstić information content (AvgIpc) is 3.31. The van der Waals surface area contributed by atoms with E-state index in [0.29, 0.717) is 31.6 Å². The number of likely N-dealkylation sites (N-methyl/N-ethyl adjacent to an activating group) is 1. The standard InChI is InChI=1S/C25H34N8O2/c1-31-11-3-4-19(31)17-35-25-29-21-16-32(22-14-27-9-6-23(22)34-2)12-7-20(21)24(30-25)33-13-10-28-18(15-33)5-8-26/h6,9,14,18-19,28H,3-5,7,10-13,15-17H2,1-2H3/t18-,19-/m0/s1. The van der Waals surface area contributed by atoms with Crippen LogP contribution in [-0.2, 0) is 13.0 Å². The van der Waals surface area contributed by atoms with Crippen molar-refractivity contribution in [3.05, 3.63) is 29.7 Å². The van der Waals surface area contributed by atoms with E-state index in [1.165, 1.54) is 12.0 Å². The molecule has 3 aliphatic heterocycles. The minimum atomic E-state index is 0.135. The number of nitriles is 1. The summed E-state index contributed by atoms with van der Waals surface area (Å²) in [6, 6.07) is 5.16. The molecular formula is C25H34N8O2. The molecule has 2 aromatic heterocycles. The highest BCUT2D eigenvalue weighted by atomic mass is 16.5. The van der Waals surface area contributed by atoms with Crippen LogP contribution in [0.25, 0.3) is 0 Å². The fourth-order valence-electron chi connectivity index (χ4n) is 5.33. The van der Waals surface area contributed by atoms with E-state index in [-0.39, 0.29) is 6.04 Å². The first kappa shape index (κ1) is 23.6. The summed E-state index contributed by atoms with van der Waals surface area (Å²) in [5, 5.41) is 12.7. The number of nitrogens with zero attached hydrogens (tertiary/aromatic N) is 7. The van der Waals surface area contributed by atoms with Gasteiger partial charge in [-0.1, -0.05) is 0 Å². The van der Waals surface area contributed by atoms with Gasteiger partial charge in [0.2, 0.25) is 0 Å². The second kappa shape index (κ2) is 10.6. The monoisotopic (exact) mass is 478 g/mol. The molecule has 0 amide bonds. The zero-order valence-electron chi connectivity index (χ0n) is 20.6. The highest BCUT2D eigenvalue weighted by Gasteiger charge is 2.30. The zero-order valence-corrected chi connectivity index (χ0v) is 20.6. The number of hydrogen-bond acceptors (Lipinski definition) is 10. The first-order valence-corrected chi connectivity index (χ1v) is 12.5. The minimum Gasteiger partial charge on any atom is -0.494 e. The second-order valence-corrected chi connectivity index (χ2v) is 9.52. The number of aromatic nitrogens is 3. The maximum atomic E-state index is 9.21. The van der Waals surface area contributed by atoms with Crippen LogP contribution in [0.5, 0.6) is 11.8 Å².